The van der Waals surface area contributed by atoms with Crippen LogP contribution < -0.4 is 19.9 Å². The molecule has 0 spiro atoms. The van der Waals surface area contributed by atoms with Gasteiger partial charge in [-0.05, 0) is 36.4 Å². The summed E-state index contributed by atoms with van der Waals surface area (Å²) in [6, 6.07) is 14.8. The van der Waals surface area contributed by atoms with E-state index < -0.39 is 6.10 Å². The number of ether oxygens (including phenoxy) is 1. The molecule has 130 valence electrons. The fourth-order valence-electron chi connectivity index (χ4n) is 2.73. The molecule has 0 fully saturated rings. The SMILES string of the molecule is CC(=O)N1C[C@H](C(=O)Nc2ccc(N(C)C)cc2)Oc2ccccc21. The first-order valence-electron chi connectivity index (χ1n) is 8.08. The highest BCUT2D eigenvalue weighted by Gasteiger charge is 2.32. The van der Waals surface area contributed by atoms with Gasteiger partial charge in [0, 0.05) is 32.4 Å². The summed E-state index contributed by atoms with van der Waals surface area (Å²) in [7, 11) is 3.91. The first-order chi connectivity index (χ1) is 12.0. The molecule has 2 aromatic rings. The molecule has 0 unspecified atom stereocenters. The van der Waals surface area contributed by atoms with Crippen molar-refractivity contribution >= 4 is 28.9 Å². The molecule has 0 aliphatic carbocycles. The average molecular weight is 339 g/mol. The number of benzene rings is 2. The van der Waals surface area contributed by atoms with Gasteiger partial charge in [-0.1, -0.05) is 12.1 Å². The third-order valence-electron chi connectivity index (χ3n) is 4.10. The van der Waals surface area contributed by atoms with Crippen molar-refractivity contribution in [1.82, 2.24) is 0 Å². The van der Waals surface area contributed by atoms with Crippen LogP contribution in [0, 0.1) is 0 Å². The molecule has 2 amide bonds. The average Bonchev–Trinajstić information content (AvgIpc) is 2.61. The van der Waals surface area contributed by atoms with Crippen molar-refractivity contribution in [2.24, 2.45) is 0 Å². The van der Waals surface area contributed by atoms with Gasteiger partial charge in [-0.2, -0.15) is 0 Å². The summed E-state index contributed by atoms with van der Waals surface area (Å²) < 4.78 is 5.79. The fraction of sp³-hybridized carbons (Fsp3) is 0.263. The van der Waals surface area contributed by atoms with Gasteiger partial charge in [0.2, 0.25) is 5.91 Å². The summed E-state index contributed by atoms with van der Waals surface area (Å²) in [5.41, 5.74) is 2.42. The van der Waals surface area contributed by atoms with Crippen LogP contribution in [0.4, 0.5) is 17.1 Å². The minimum atomic E-state index is -0.757. The zero-order valence-corrected chi connectivity index (χ0v) is 14.5. The number of fused-ring (bicyclic) bond motifs is 1. The standard InChI is InChI=1S/C19H21N3O3/c1-13(23)22-12-18(25-17-7-5-4-6-16(17)22)19(24)20-14-8-10-15(11-9-14)21(2)3/h4-11,18H,12H2,1-3H3,(H,20,24)/t18-/m1/s1. The predicted molar refractivity (Wildman–Crippen MR) is 98.3 cm³/mol. The summed E-state index contributed by atoms with van der Waals surface area (Å²) in [4.78, 5) is 28.1. The Hall–Kier alpha value is -3.02. The van der Waals surface area contributed by atoms with Crippen molar-refractivity contribution < 1.29 is 14.3 Å². The Morgan fingerprint density at radius 2 is 1.80 bits per heavy atom. The van der Waals surface area contributed by atoms with E-state index in [4.69, 9.17) is 4.74 Å². The molecule has 2 aromatic carbocycles. The number of hydrogen-bond donors (Lipinski definition) is 1. The van der Waals surface area contributed by atoms with Crippen molar-refractivity contribution in [3.8, 4) is 5.75 Å². The molecule has 1 aliphatic rings. The Bertz CT molecular complexity index is 787. The summed E-state index contributed by atoms with van der Waals surface area (Å²) in [5.74, 6) is 0.134. The predicted octanol–water partition coefficient (Wildman–Crippen LogP) is 2.51. The summed E-state index contributed by atoms with van der Waals surface area (Å²) >= 11 is 0. The molecule has 1 aliphatic heterocycles. The van der Waals surface area contributed by atoms with E-state index in [-0.39, 0.29) is 18.4 Å². The van der Waals surface area contributed by atoms with Crippen LogP contribution in [0.5, 0.6) is 5.75 Å². The van der Waals surface area contributed by atoms with Crippen molar-refractivity contribution in [2.75, 3.05) is 35.8 Å². The van der Waals surface area contributed by atoms with Crippen molar-refractivity contribution in [3.63, 3.8) is 0 Å². The van der Waals surface area contributed by atoms with Crippen LogP contribution in [0.15, 0.2) is 48.5 Å². The van der Waals surface area contributed by atoms with Gasteiger partial charge in [-0.25, -0.2) is 0 Å². The second-order valence-corrected chi connectivity index (χ2v) is 6.13. The maximum absolute atomic E-state index is 12.6. The van der Waals surface area contributed by atoms with Gasteiger partial charge in [0.05, 0.1) is 12.2 Å². The topological polar surface area (TPSA) is 61.9 Å². The van der Waals surface area contributed by atoms with Crippen molar-refractivity contribution in [2.45, 2.75) is 13.0 Å². The van der Waals surface area contributed by atoms with E-state index in [1.165, 1.54) is 6.92 Å². The maximum atomic E-state index is 12.6. The molecular formula is C19H21N3O3. The van der Waals surface area contributed by atoms with Crippen LogP contribution in [0.2, 0.25) is 0 Å². The highest BCUT2D eigenvalue weighted by Crippen LogP contribution is 2.33. The highest BCUT2D eigenvalue weighted by atomic mass is 16.5. The lowest BCUT2D eigenvalue weighted by Crippen LogP contribution is -2.48. The molecule has 6 heteroatoms. The van der Waals surface area contributed by atoms with Gasteiger partial charge < -0.3 is 19.9 Å². The number of anilines is 3. The van der Waals surface area contributed by atoms with Gasteiger partial charge in [0.25, 0.3) is 5.91 Å². The Morgan fingerprint density at radius 1 is 1.12 bits per heavy atom. The zero-order chi connectivity index (χ0) is 18.0. The molecule has 1 heterocycles. The Balaban J connectivity index is 1.75. The minimum Gasteiger partial charge on any atom is -0.476 e. The highest BCUT2D eigenvalue weighted by molar-refractivity contribution is 5.99. The molecule has 0 bridgehead atoms. The molecule has 0 saturated heterocycles. The molecule has 0 aromatic heterocycles. The fourth-order valence-corrected chi connectivity index (χ4v) is 2.73. The Kier molecular flexibility index (Phi) is 4.61. The zero-order valence-electron chi connectivity index (χ0n) is 14.5. The van der Waals surface area contributed by atoms with Crippen LogP contribution in [-0.4, -0.2) is 38.6 Å². The lowest BCUT2D eigenvalue weighted by Gasteiger charge is -2.33. The quantitative estimate of drug-likeness (QED) is 0.933. The van der Waals surface area contributed by atoms with Crippen molar-refractivity contribution in [3.05, 3.63) is 48.5 Å². The third-order valence-corrected chi connectivity index (χ3v) is 4.10. The van der Waals surface area contributed by atoms with Crippen LogP contribution >= 0.6 is 0 Å². The van der Waals surface area contributed by atoms with E-state index in [0.717, 1.165) is 5.69 Å². The van der Waals surface area contributed by atoms with E-state index >= 15 is 0 Å². The van der Waals surface area contributed by atoms with Crippen LogP contribution in [0.1, 0.15) is 6.92 Å². The van der Waals surface area contributed by atoms with E-state index in [0.29, 0.717) is 17.1 Å². The summed E-state index contributed by atoms with van der Waals surface area (Å²) in [5, 5.41) is 2.85. The lowest BCUT2D eigenvalue weighted by molar-refractivity contribution is -0.123. The number of amides is 2. The summed E-state index contributed by atoms with van der Waals surface area (Å²) in [6.45, 7) is 1.67. The number of nitrogens with zero attached hydrogens (tertiary/aromatic N) is 2. The van der Waals surface area contributed by atoms with E-state index in [1.807, 2.05) is 61.5 Å². The molecule has 1 atom stereocenters. The minimum absolute atomic E-state index is 0.121. The normalized spacial score (nSPS) is 15.8. The molecule has 6 nitrogen and oxygen atoms in total. The first kappa shape index (κ1) is 16.8. The van der Waals surface area contributed by atoms with Crippen LogP contribution in [0.25, 0.3) is 0 Å². The molecule has 1 N–H and O–H groups in total. The van der Waals surface area contributed by atoms with E-state index in [1.54, 1.807) is 11.0 Å². The van der Waals surface area contributed by atoms with Crippen LogP contribution in [-0.2, 0) is 9.59 Å². The van der Waals surface area contributed by atoms with Gasteiger partial charge in [0.15, 0.2) is 6.10 Å². The van der Waals surface area contributed by atoms with Gasteiger partial charge in [-0.3, -0.25) is 9.59 Å². The number of carbonyl (C=O) groups is 2. The molecule has 0 radical (unpaired) electrons. The second kappa shape index (κ2) is 6.84. The molecule has 0 saturated carbocycles. The van der Waals surface area contributed by atoms with E-state index in [9.17, 15) is 9.59 Å². The van der Waals surface area contributed by atoms with Crippen molar-refractivity contribution in [1.29, 1.82) is 0 Å². The number of carbonyl (C=O) groups excluding carboxylic acids is 2. The number of hydrogen-bond acceptors (Lipinski definition) is 4. The molecular weight excluding hydrogens is 318 g/mol. The lowest BCUT2D eigenvalue weighted by atomic mass is 10.1. The monoisotopic (exact) mass is 339 g/mol. The summed E-state index contributed by atoms with van der Waals surface area (Å²) in [6.07, 6.45) is -0.757. The number of para-hydroxylation sites is 2. The maximum Gasteiger partial charge on any atom is 0.267 e. The van der Waals surface area contributed by atoms with Gasteiger partial charge >= 0.3 is 0 Å². The third kappa shape index (κ3) is 3.57. The Labute approximate surface area is 147 Å². The molecule has 25 heavy (non-hydrogen) atoms. The first-order valence-corrected chi connectivity index (χ1v) is 8.08. The number of rotatable bonds is 3. The van der Waals surface area contributed by atoms with E-state index in [2.05, 4.69) is 5.32 Å². The smallest absolute Gasteiger partial charge is 0.267 e. The molecule has 3 rings (SSSR count). The second-order valence-electron chi connectivity index (χ2n) is 6.13. The van der Waals surface area contributed by atoms with Gasteiger partial charge in [-0.15, -0.1) is 0 Å². The number of nitrogens with one attached hydrogen (secondary N) is 1. The van der Waals surface area contributed by atoms with Gasteiger partial charge in [0.1, 0.15) is 5.75 Å². The van der Waals surface area contributed by atoms with Crippen LogP contribution in [0.3, 0.4) is 0 Å². The Morgan fingerprint density at radius 3 is 2.44 bits per heavy atom. The largest absolute Gasteiger partial charge is 0.476 e.